The van der Waals surface area contributed by atoms with Crippen molar-refractivity contribution in [3.8, 4) is 0 Å². The normalized spacial score (nSPS) is 18.3. The largest absolute Gasteiger partial charge is 0.501 e. The number of halogens is 3. The van der Waals surface area contributed by atoms with E-state index in [1.165, 1.54) is 12.1 Å². The van der Waals surface area contributed by atoms with Crippen LogP contribution in [0.4, 0.5) is 18.9 Å². The molecule has 4 nitrogen and oxygen atoms in total. The van der Waals surface area contributed by atoms with E-state index in [9.17, 15) is 21.6 Å². The van der Waals surface area contributed by atoms with E-state index in [-0.39, 0.29) is 6.04 Å². The summed E-state index contributed by atoms with van der Waals surface area (Å²) < 4.78 is 59.7. The Morgan fingerprint density at radius 1 is 1.10 bits per heavy atom. The molecule has 1 heterocycles. The highest BCUT2D eigenvalue weighted by atomic mass is 32.2. The third kappa shape index (κ3) is 2.90. The number of anilines is 1. The molecule has 0 spiro atoms. The van der Waals surface area contributed by atoms with Gasteiger partial charge in [0.25, 0.3) is 9.84 Å². The van der Waals surface area contributed by atoms with Crippen molar-refractivity contribution >= 4 is 15.5 Å². The topological polar surface area (TPSA) is 63.4 Å². The SMILES string of the molecule is NC1CCN(c2ccc(S(=O)(=O)C(F)(F)F)cc2)CC1. The molecule has 1 aliphatic heterocycles. The Kier molecular flexibility index (Phi) is 3.97. The Morgan fingerprint density at radius 2 is 1.60 bits per heavy atom. The number of rotatable bonds is 2. The Morgan fingerprint density at radius 3 is 2.05 bits per heavy atom. The van der Waals surface area contributed by atoms with Crippen LogP contribution in [0, 0.1) is 0 Å². The van der Waals surface area contributed by atoms with Crippen molar-refractivity contribution in [3.63, 3.8) is 0 Å². The standard InChI is InChI=1S/C12H15F3N2O2S/c13-12(14,15)20(18,19)11-3-1-10(2-4-11)17-7-5-9(16)6-8-17/h1-4,9H,5-8,16H2. The van der Waals surface area contributed by atoms with Crippen molar-refractivity contribution in [2.75, 3.05) is 18.0 Å². The van der Waals surface area contributed by atoms with Crippen LogP contribution in [-0.4, -0.2) is 33.1 Å². The van der Waals surface area contributed by atoms with Gasteiger partial charge in [0.15, 0.2) is 0 Å². The lowest BCUT2D eigenvalue weighted by Gasteiger charge is -2.32. The summed E-state index contributed by atoms with van der Waals surface area (Å²) in [6.07, 6.45) is 1.62. The molecule has 0 aliphatic carbocycles. The molecule has 0 atom stereocenters. The molecule has 1 aromatic carbocycles. The van der Waals surface area contributed by atoms with E-state index in [4.69, 9.17) is 5.73 Å². The second-order valence-corrected chi connectivity index (χ2v) is 6.71. The highest BCUT2D eigenvalue weighted by Gasteiger charge is 2.46. The summed E-state index contributed by atoms with van der Waals surface area (Å²) in [7, 11) is -5.27. The van der Waals surface area contributed by atoms with E-state index in [1.807, 2.05) is 4.90 Å². The maximum absolute atomic E-state index is 12.4. The van der Waals surface area contributed by atoms with Crippen molar-refractivity contribution < 1.29 is 21.6 Å². The minimum Gasteiger partial charge on any atom is -0.371 e. The summed E-state index contributed by atoms with van der Waals surface area (Å²) >= 11 is 0. The van der Waals surface area contributed by atoms with Crippen LogP contribution in [0.2, 0.25) is 0 Å². The lowest BCUT2D eigenvalue weighted by Crippen LogP contribution is -2.39. The van der Waals surface area contributed by atoms with E-state index >= 15 is 0 Å². The number of benzene rings is 1. The molecule has 0 saturated carbocycles. The zero-order chi connectivity index (χ0) is 15.0. The first-order valence-electron chi connectivity index (χ1n) is 6.14. The predicted molar refractivity (Wildman–Crippen MR) is 69.1 cm³/mol. The molecule has 0 aromatic heterocycles. The summed E-state index contributed by atoms with van der Waals surface area (Å²) in [6.45, 7) is 1.43. The van der Waals surface area contributed by atoms with Gasteiger partial charge in [0.1, 0.15) is 0 Å². The van der Waals surface area contributed by atoms with Gasteiger partial charge in [-0.3, -0.25) is 0 Å². The van der Waals surface area contributed by atoms with Gasteiger partial charge in [-0.2, -0.15) is 13.2 Å². The number of sulfone groups is 1. The van der Waals surface area contributed by atoms with E-state index in [1.54, 1.807) is 0 Å². The Bertz CT molecular complexity index is 561. The number of nitrogens with zero attached hydrogens (tertiary/aromatic N) is 1. The third-order valence-electron chi connectivity index (χ3n) is 3.36. The van der Waals surface area contributed by atoms with Gasteiger partial charge in [-0.05, 0) is 37.1 Å². The van der Waals surface area contributed by atoms with Crippen molar-refractivity contribution in [1.29, 1.82) is 0 Å². The van der Waals surface area contributed by atoms with Gasteiger partial charge >= 0.3 is 5.51 Å². The molecule has 0 bridgehead atoms. The van der Waals surface area contributed by atoms with Gasteiger partial charge in [0, 0.05) is 24.8 Å². The molecule has 8 heteroatoms. The van der Waals surface area contributed by atoms with Crippen molar-refractivity contribution in [1.82, 2.24) is 0 Å². The first kappa shape index (κ1) is 15.1. The first-order valence-corrected chi connectivity index (χ1v) is 7.62. The molecule has 1 saturated heterocycles. The summed E-state index contributed by atoms with van der Waals surface area (Å²) in [6, 6.07) is 4.93. The highest BCUT2D eigenvalue weighted by molar-refractivity contribution is 7.92. The van der Waals surface area contributed by atoms with Gasteiger partial charge in [-0.1, -0.05) is 0 Å². The van der Waals surface area contributed by atoms with Crippen LogP contribution in [0.3, 0.4) is 0 Å². The molecule has 112 valence electrons. The molecule has 0 radical (unpaired) electrons. The van der Waals surface area contributed by atoms with E-state index < -0.39 is 20.2 Å². The number of piperidine rings is 1. The maximum Gasteiger partial charge on any atom is 0.501 e. The number of hydrogen-bond donors (Lipinski definition) is 1. The van der Waals surface area contributed by atoms with Gasteiger partial charge < -0.3 is 10.6 Å². The monoisotopic (exact) mass is 308 g/mol. The molecule has 0 unspecified atom stereocenters. The number of nitrogens with two attached hydrogens (primary N) is 1. The molecule has 2 N–H and O–H groups in total. The van der Waals surface area contributed by atoms with Crippen molar-refractivity contribution in [3.05, 3.63) is 24.3 Å². The molecule has 2 rings (SSSR count). The predicted octanol–water partition coefficient (Wildman–Crippen LogP) is 1.91. The molecule has 1 fully saturated rings. The second kappa shape index (κ2) is 5.25. The van der Waals surface area contributed by atoms with Crippen LogP contribution in [0.1, 0.15) is 12.8 Å². The smallest absolute Gasteiger partial charge is 0.371 e. The summed E-state index contributed by atoms with van der Waals surface area (Å²) in [5.74, 6) is 0. The average molecular weight is 308 g/mol. The van der Waals surface area contributed by atoms with Crippen LogP contribution in [0.15, 0.2) is 29.2 Å². The lowest BCUT2D eigenvalue weighted by atomic mass is 10.1. The minimum absolute atomic E-state index is 0.149. The van der Waals surface area contributed by atoms with Gasteiger partial charge in [0.2, 0.25) is 0 Å². The molecule has 20 heavy (non-hydrogen) atoms. The Balaban J connectivity index is 2.19. The fraction of sp³-hybridized carbons (Fsp3) is 0.500. The molecular formula is C12H15F3N2O2S. The zero-order valence-corrected chi connectivity index (χ0v) is 11.4. The van der Waals surface area contributed by atoms with Crippen LogP contribution >= 0.6 is 0 Å². The Labute approximate surface area is 115 Å². The fourth-order valence-electron chi connectivity index (χ4n) is 2.13. The molecule has 1 aliphatic rings. The summed E-state index contributed by atoms with van der Waals surface area (Å²) in [5.41, 5.74) is 1.21. The van der Waals surface area contributed by atoms with Crippen LogP contribution < -0.4 is 10.6 Å². The molecule has 1 aromatic rings. The van der Waals surface area contributed by atoms with Gasteiger partial charge in [-0.15, -0.1) is 0 Å². The summed E-state index contributed by atoms with van der Waals surface area (Å²) in [4.78, 5) is 1.25. The highest BCUT2D eigenvalue weighted by Crippen LogP contribution is 2.31. The molecule has 0 amide bonds. The summed E-state index contributed by atoms with van der Waals surface area (Å²) in [5, 5.41) is 0. The number of alkyl halides is 3. The average Bonchev–Trinajstić information content (AvgIpc) is 2.38. The number of hydrogen-bond acceptors (Lipinski definition) is 4. The molecular weight excluding hydrogens is 293 g/mol. The zero-order valence-electron chi connectivity index (χ0n) is 10.6. The van der Waals surface area contributed by atoms with Crippen molar-refractivity contribution in [2.24, 2.45) is 5.73 Å². The first-order chi connectivity index (χ1) is 9.22. The minimum atomic E-state index is -5.27. The quantitative estimate of drug-likeness (QED) is 0.906. The third-order valence-corrected chi connectivity index (χ3v) is 4.86. The maximum atomic E-state index is 12.4. The van der Waals surface area contributed by atoms with Crippen LogP contribution in [0.5, 0.6) is 0 Å². The fourth-order valence-corrected chi connectivity index (χ4v) is 2.89. The Hall–Kier alpha value is -1.28. The van der Waals surface area contributed by atoms with Crippen molar-refractivity contribution in [2.45, 2.75) is 29.3 Å². The lowest BCUT2D eigenvalue weighted by molar-refractivity contribution is -0.0436. The van der Waals surface area contributed by atoms with Crippen LogP contribution in [0.25, 0.3) is 0 Å². The van der Waals surface area contributed by atoms with Gasteiger partial charge in [-0.25, -0.2) is 8.42 Å². The van der Waals surface area contributed by atoms with E-state index in [0.717, 1.165) is 25.0 Å². The van der Waals surface area contributed by atoms with E-state index in [0.29, 0.717) is 18.8 Å². The van der Waals surface area contributed by atoms with Crippen LogP contribution in [-0.2, 0) is 9.84 Å². The second-order valence-electron chi connectivity index (χ2n) is 4.77. The van der Waals surface area contributed by atoms with E-state index in [2.05, 4.69) is 0 Å². The van der Waals surface area contributed by atoms with Gasteiger partial charge in [0.05, 0.1) is 4.90 Å².